The van der Waals surface area contributed by atoms with E-state index in [0.29, 0.717) is 6.54 Å². The van der Waals surface area contributed by atoms with E-state index in [0.717, 1.165) is 19.3 Å². The van der Waals surface area contributed by atoms with E-state index in [2.05, 4.69) is 4.72 Å². The van der Waals surface area contributed by atoms with E-state index in [1.165, 1.54) is 0 Å². The summed E-state index contributed by atoms with van der Waals surface area (Å²) in [5.41, 5.74) is 0. The van der Waals surface area contributed by atoms with Gasteiger partial charge in [0.25, 0.3) is 0 Å². The van der Waals surface area contributed by atoms with Gasteiger partial charge in [0.2, 0.25) is 10.0 Å². The average Bonchev–Trinajstić information content (AvgIpc) is 2.80. The summed E-state index contributed by atoms with van der Waals surface area (Å²) in [4.78, 5) is 0. The molecule has 0 spiro atoms. The number of nitrogens with one attached hydrogen (secondary N) is 1. The Kier molecular flexibility index (Phi) is 3.29. The highest BCUT2D eigenvalue weighted by molar-refractivity contribution is 7.90. The highest BCUT2D eigenvalue weighted by Crippen LogP contribution is 2.27. The molecule has 1 aliphatic rings. The molecule has 1 N–H and O–H groups in total. The summed E-state index contributed by atoms with van der Waals surface area (Å²) in [7, 11) is -2.95. The smallest absolute Gasteiger partial charge is 0.214 e. The molecule has 1 aliphatic carbocycles. The number of allylic oxidation sites excluding steroid dienone is 1. The minimum atomic E-state index is -2.95. The molecule has 3 nitrogen and oxygen atoms in total. The van der Waals surface area contributed by atoms with Crippen LogP contribution in [0.3, 0.4) is 0 Å². The highest BCUT2D eigenvalue weighted by Gasteiger charge is 2.34. The van der Waals surface area contributed by atoms with Crippen molar-refractivity contribution in [2.24, 2.45) is 0 Å². The molecule has 0 amide bonds. The predicted molar refractivity (Wildman–Crippen MR) is 49.4 cm³/mol. The Morgan fingerprint density at radius 2 is 2.17 bits per heavy atom. The van der Waals surface area contributed by atoms with Crippen LogP contribution in [0.5, 0.6) is 0 Å². The van der Waals surface area contributed by atoms with Crippen LogP contribution in [0.25, 0.3) is 0 Å². The molecule has 0 atom stereocenters. The van der Waals surface area contributed by atoms with Crippen LogP contribution in [0.2, 0.25) is 0 Å². The third-order valence-corrected chi connectivity index (χ3v) is 3.77. The van der Waals surface area contributed by atoms with Gasteiger partial charge in [-0.05, 0) is 26.2 Å². The summed E-state index contributed by atoms with van der Waals surface area (Å²) in [5, 5.41) is -0.0943. The second kappa shape index (κ2) is 4.05. The lowest BCUT2D eigenvalue weighted by molar-refractivity contribution is 0.580. The van der Waals surface area contributed by atoms with Crippen LogP contribution in [0.15, 0.2) is 12.2 Å². The topological polar surface area (TPSA) is 46.2 Å². The summed E-state index contributed by atoms with van der Waals surface area (Å²) in [6, 6.07) is 0. The molecule has 70 valence electrons. The lowest BCUT2D eigenvalue weighted by Gasteiger charge is -2.01. The van der Waals surface area contributed by atoms with Crippen molar-refractivity contribution in [3.05, 3.63) is 12.2 Å². The van der Waals surface area contributed by atoms with Crippen molar-refractivity contribution in [2.45, 2.75) is 31.4 Å². The SMILES string of the molecule is C/C=C/CCNS(=O)(=O)C1CC1. The number of hydrogen-bond donors (Lipinski definition) is 1. The molecule has 0 aliphatic heterocycles. The van der Waals surface area contributed by atoms with Gasteiger partial charge in [-0.15, -0.1) is 0 Å². The van der Waals surface area contributed by atoms with Crippen molar-refractivity contribution >= 4 is 10.0 Å². The van der Waals surface area contributed by atoms with Crippen LogP contribution in [0.4, 0.5) is 0 Å². The zero-order valence-corrected chi connectivity index (χ0v) is 8.10. The van der Waals surface area contributed by atoms with Gasteiger partial charge in [-0.2, -0.15) is 0 Å². The largest absolute Gasteiger partial charge is 0.215 e. The molecule has 12 heavy (non-hydrogen) atoms. The monoisotopic (exact) mass is 189 g/mol. The van der Waals surface area contributed by atoms with Crippen LogP contribution in [0.1, 0.15) is 26.2 Å². The van der Waals surface area contributed by atoms with E-state index in [1.54, 1.807) is 0 Å². The number of rotatable bonds is 5. The summed E-state index contributed by atoms with van der Waals surface area (Å²) in [5.74, 6) is 0. The third kappa shape index (κ3) is 2.95. The Morgan fingerprint density at radius 1 is 1.50 bits per heavy atom. The maximum Gasteiger partial charge on any atom is 0.214 e. The van der Waals surface area contributed by atoms with E-state index in [9.17, 15) is 8.42 Å². The Labute approximate surface area is 73.9 Å². The Bertz CT molecular complexity index is 252. The first-order chi connectivity index (χ1) is 5.67. The van der Waals surface area contributed by atoms with Gasteiger partial charge in [0.05, 0.1) is 5.25 Å². The fraction of sp³-hybridized carbons (Fsp3) is 0.750. The van der Waals surface area contributed by atoms with Crippen molar-refractivity contribution in [2.75, 3.05) is 6.54 Å². The van der Waals surface area contributed by atoms with Crippen LogP contribution >= 0.6 is 0 Å². The first-order valence-electron chi connectivity index (χ1n) is 4.26. The summed E-state index contributed by atoms with van der Waals surface area (Å²) in [6.45, 7) is 2.46. The van der Waals surface area contributed by atoms with Gasteiger partial charge in [0, 0.05) is 6.54 Å². The van der Waals surface area contributed by atoms with Gasteiger partial charge in [0.1, 0.15) is 0 Å². The summed E-state index contributed by atoms with van der Waals surface area (Å²) in [6.07, 6.45) is 6.32. The lowest BCUT2D eigenvalue weighted by Crippen LogP contribution is -2.27. The molecule has 0 unspecified atom stereocenters. The molecule has 0 radical (unpaired) electrons. The van der Waals surface area contributed by atoms with E-state index >= 15 is 0 Å². The molecule has 0 bridgehead atoms. The van der Waals surface area contributed by atoms with Gasteiger partial charge >= 0.3 is 0 Å². The quantitative estimate of drug-likeness (QED) is 0.518. The van der Waals surface area contributed by atoms with Crippen LogP contribution in [-0.2, 0) is 10.0 Å². The van der Waals surface area contributed by atoms with E-state index < -0.39 is 10.0 Å². The zero-order valence-electron chi connectivity index (χ0n) is 7.29. The Balaban J connectivity index is 2.21. The maximum atomic E-state index is 11.2. The minimum Gasteiger partial charge on any atom is -0.215 e. The molecule has 0 aromatic rings. The first kappa shape index (κ1) is 9.74. The maximum absolute atomic E-state index is 11.2. The Morgan fingerprint density at radius 3 is 2.67 bits per heavy atom. The molecule has 0 aromatic heterocycles. The van der Waals surface area contributed by atoms with Crippen molar-refractivity contribution in [1.29, 1.82) is 0 Å². The molecule has 1 rings (SSSR count). The van der Waals surface area contributed by atoms with Gasteiger partial charge in [-0.3, -0.25) is 0 Å². The van der Waals surface area contributed by atoms with Crippen molar-refractivity contribution < 1.29 is 8.42 Å². The second-order valence-corrected chi connectivity index (χ2v) is 5.04. The first-order valence-corrected chi connectivity index (χ1v) is 5.81. The molecule has 1 saturated carbocycles. The second-order valence-electron chi connectivity index (χ2n) is 3.00. The lowest BCUT2D eigenvalue weighted by atomic mass is 10.4. The van der Waals surface area contributed by atoms with E-state index in [1.807, 2.05) is 19.1 Å². The van der Waals surface area contributed by atoms with Gasteiger partial charge in [-0.1, -0.05) is 12.2 Å². The molecule has 0 aromatic carbocycles. The van der Waals surface area contributed by atoms with Crippen LogP contribution in [0, 0.1) is 0 Å². The van der Waals surface area contributed by atoms with Crippen molar-refractivity contribution in [1.82, 2.24) is 4.72 Å². The normalized spacial score (nSPS) is 18.8. The van der Waals surface area contributed by atoms with Crippen LogP contribution < -0.4 is 4.72 Å². The molecule has 0 heterocycles. The van der Waals surface area contributed by atoms with Gasteiger partial charge < -0.3 is 0 Å². The van der Waals surface area contributed by atoms with Crippen molar-refractivity contribution in [3.63, 3.8) is 0 Å². The predicted octanol–water partition coefficient (Wildman–Crippen LogP) is 1.03. The van der Waals surface area contributed by atoms with Gasteiger partial charge in [-0.25, -0.2) is 13.1 Å². The zero-order chi connectivity index (χ0) is 9.03. The fourth-order valence-corrected chi connectivity index (χ4v) is 2.34. The average molecular weight is 189 g/mol. The molecule has 0 saturated heterocycles. The minimum absolute atomic E-state index is 0.0943. The molecular weight excluding hydrogens is 174 g/mol. The fourth-order valence-electron chi connectivity index (χ4n) is 0.947. The molecule has 1 fully saturated rings. The third-order valence-electron chi connectivity index (χ3n) is 1.81. The van der Waals surface area contributed by atoms with E-state index in [4.69, 9.17) is 0 Å². The molecule has 4 heteroatoms. The van der Waals surface area contributed by atoms with Crippen LogP contribution in [-0.4, -0.2) is 20.2 Å². The Hall–Kier alpha value is -0.350. The number of hydrogen-bond acceptors (Lipinski definition) is 2. The standard InChI is InChI=1S/C8H15NO2S/c1-2-3-4-7-9-12(10,11)8-5-6-8/h2-3,8-9H,4-7H2,1H3/b3-2+. The summed E-state index contributed by atoms with van der Waals surface area (Å²) < 4.78 is 25.0. The molecular formula is C8H15NO2S. The summed E-state index contributed by atoms with van der Waals surface area (Å²) >= 11 is 0. The van der Waals surface area contributed by atoms with E-state index in [-0.39, 0.29) is 5.25 Å². The highest BCUT2D eigenvalue weighted by atomic mass is 32.2. The number of sulfonamides is 1. The van der Waals surface area contributed by atoms with Crippen molar-refractivity contribution in [3.8, 4) is 0 Å². The van der Waals surface area contributed by atoms with Gasteiger partial charge in [0.15, 0.2) is 0 Å².